The van der Waals surface area contributed by atoms with Crippen LogP contribution in [0.1, 0.15) is 18.7 Å². The minimum atomic E-state index is -1.15. The van der Waals surface area contributed by atoms with E-state index in [9.17, 15) is 18.8 Å². The summed E-state index contributed by atoms with van der Waals surface area (Å²) in [6, 6.07) is 5.96. The molecule has 9 heteroatoms. The third-order valence-electron chi connectivity index (χ3n) is 2.97. The standard InChI is InChI=1S/C15H15FN2O6/c1-9(20)24-11-4-2-10(3-5-11)14(23-7-6-19)18-8-12(16)13(21)17-15(18)22/h2-5,8,14,19H,6-7H2,1H3,(H,17,21,22). The van der Waals surface area contributed by atoms with Gasteiger partial charge in [0.1, 0.15) is 5.75 Å². The van der Waals surface area contributed by atoms with Crippen molar-refractivity contribution in [2.75, 3.05) is 13.2 Å². The van der Waals surface area contributed by atoms with E-state index in [1.165, 1.54) is 31.2 Å². The molecule has 0 radical (unpaired) electrons. The van der Waals surface area contributed by atoms with E-state index in [1.54, 1.807) is 0 Å². The number of esters is 1. The predicted molar refractivity (Wildman–Crippen MR) is 80.2 cm³/mol. The van der Waals surface area contributed by atoms with Crippen molar-refractivity contribution in [2.24, 2.45) is 0 Å². The van der Waals surface area contributed by atoms with Gasteiger partial charge in [0.2, 0.25) is 5.82 Å². The molecule has 0 spiro atoms. The monoisotopic (exact) mass is 338 g/mol. The van der Waals surface area contributed by atoms with Gasteiger partial charge in [-0.15, -0.1) is 0 Å². The van der Waals surface area contributed by atoms with Crippen LogP contribution in [-0.2, 0) is 9.53 Å². The van der Waals surface area contributed by atoms with Crippen molar-refractivity contribution in [1.82, 2.24) is 9.55 Å². The number of halogens is 1. The Hall–Kier alpha value is -2.78. The highest BCUT2D eigenvalue weighted by Crippen LogP contribution is 2.21. The first-order chi connectivity index (χ1) is 11.4. The highest BCUT2D eigenvalue weighted by Gasteiger charge is 2.18. The molecule has 2 N–H and O–H groups in total. The fraction of sp³-hybridized carbons (Fsp3) is 0.267. The highest BCUT2D eigenvalue weighted by molar-refractivity contribution is 5.69. The van der Waals surface area contributed by atoms with E-state index < -0.39 is 29.3 Å². The first-order valence-corrected chi connectivity index (χ1v) is 6.94. The molecule has 0 aliphatic heterocycles. The van der Waals surface area contributed by atoms with Crippen LogP contribution in [0, 0.1) is 5.82 Å². The zero-order chi connectivity index (χ0) is 17.7. The van der Waals surface area contributed by atoms with Crippen molar-refractivity contribution < 1.29 is 23.8 Å². The molecule has 1 atom stereocenters. The van der Waals surface area contributed by atoms with Gasteiger partial charge in [0.15, 0.2) is 6.23 Å². The Morgan fingerprint density at radius 2 is 2.00 bits per heavy atom. The number of carbonyl (C=O) groups is 1. The van der Waals surface area contributed by atoms with Gasteiger partial charge in [-0.05, 0) is 12.1 Å². The van der Waals surface area contributed by atoms with Gasteiger partial charge < -0.3 is 14.6 Å². The SMILES string of the molecule is CC(=O)Oc1ccc(C(OCCO)n2cc(F)c(=O)[nH]c2=O)cc1. The van der Waals surface area contributed by atoms with Gasteiger partial charge in [-0.2, -0.15) is 4.39 Å². The van der Waals surface area contributed by atoms with Crippen molar-refractivity contribution in [2.45, 2.75) is 13.2 Å². The summed E-state index contributed by atoms with van der Waals surface area (Å²) in [5.74, 6) is -1.36. The number of aliphatic hydroxyl groups excluding tert-OH is 1. The summed E-state index contributed by atoms with van der Waals surface area (Å²) in [6.07, 6.45) is -0.356. The molecule has 0 aliphatic rings. The van der Waals surface area contributed by atoms with Crippen LogP contribution in [-0.4, -0.2) is 33.8 Å². The Morgan fingerprint density at radius 3 is 2.58 bits per heavy atom. The zero-order valence-electron chi connectivity index (χ0n) is 12.7. The normalized spacial score (nSPS) is 12.0. The summed E-state index contributed by atoms with van der Waals surface area (Å²) in [7, 11) is 0. The maximum Gasteiger partial charge on any atom is 0.330 e. The Balaban J connectivity index is 2.42. The molecular weight excluding hydrogens is 323 g/mol. The summed E-state index contributed by atoms with van der Waals surface area (Å²) < 4.78 is 24.6. The van der Waals surface area contributed by atoms with Crippen LogP contribution in [0.2, 0.25) is 0 Å². The van der Waals surface area contributed by atoms with Crippen LogP contribution >= 0.6 is 0 Å². The summed E-state index contributed by atoms with van der Waals surface area (Å²) in [6.45, 7) is 0.815. The van der Waals surface area contributed by atoms with E-state index in [0.717, 1.165) is 10.8 Å². The molecule has 1 heterocycles. The van der Waals surface area contributed by atoms with Gasteiger partial charge in [-0.1, -0.05) is 12.1 Å². The molecular formula is C15H15FN2O6. The number of carbonyl (C=O) groups excluding carboxylic acids is 1. The Morgan fingerprint density at radius 1 is 1.33 bits per heavy atom. The van der Waals surface area contributed by atoms with Crippen molar-refractivity contribution >= 4 is 5.97 Å². The number of rotatable bonds is 6. The maximum atomic E-state index is 13.5. The molecule has 1 aromatic carbocycles. The number of hydrogen-bond acceptors (Lipinski definition) is 6. The molecule has 2 rings (SSSR count). The van der Waals surface area contributed by atoms with E-state index in [0.29, 0.717) is 5.56 Å². The van der Waals surface area contributed by atoms with Gasteiger partial charge in [0.05, 0.1) is 19.4 Å². The molecule has 2 aromatic rings. The quantitative estimate of drug-likeness (QED) is 0.573. The molecule has 24 heavy (non-hydrogen) atoms. The van der Waals surface area contributed by atoms with Gasteiger partial charge in [0.25, 0.3) is 5.56 Å². The molecule has 128 valence electrons. The van der Waals surface area contributed by atoms with E-state index in [4.69, 9.17) is 14.6 Å². The molecule has 0 aliphatic carbocycles. The van der Waals surface area contributed by atoms with Crippen LogP contribution in [0.5, 0.6) is 5.75 Å². The number of aromatic nitrogens is 2. The van der Waals surface area contributed by atoms with Crippen molar-refractivity contribution in [3.8, 4) is 5.75 Å². The van der Waals surface area contributed by atoms with Crippen LogP contribution in [0.25, 0.3) is 0 Å². The molecule has 1 unspecified atom stereocenters. The second kappa shape index (κ2) is 7.66. The second-order valence-electron chi connectivity index (χ2n) is 4.75. The van der Waals surface area contributed by atoms with E-state index in [2.05, 4.69) is 0 Å². The van der Waals surface area contributed by atoms with E-state index in [1.807, 2.05) is 4.98 Å². The summed E-state index contributed by atoms with van der Waals surface area (Å²) >= 11 is 0. The average molecular weight is 338 g/mol. The summed E-state index contributed by atoms with van der Waals surface area (Å²) in [4.78, 5) is 35.8. The molecule has 8 nitrogen and oxygen atoms in total. The lowest BCUT2D eigenvalue weighted by atomic mass is 10.2. The smallest absolute Gasteiger partial charge is 0.330 e. The maximum absolute atomic E-state index is 13.5. The third-order valence-corrected chi connectivity index (χ3v) is 2.97. The van der Waals surface area contributed by atoms with Gasteiger partial charge in [0, 0.05) is 12.5 Å². The molecule has 0 saturated carbocycles. The van der Waals surface area contributed by atoms with Crippen LogP contribution < -0.4 is 16.0 Å². The lowest BCUT2D eigenvalue weighted by molar-refractivity contribution is -0.131. The van der Waals surface area contributed by atoms with Crippen LogP contribution in [0.15, 0.2) is 40.1 Å². The Kier molecular flexibility index (Phi) is 5.61. The number of hydrogen-bond donors (Lipinski definition) is 2. The number of benzene rings is 1. The first kappa shape index (κ1) is 17.6. The topological polar surface area (TPSA) is 111 Å². The van der Waals surface area contributed by atoms with E-state index in [-0.39, 0.29) is 19.0 Å². The molecule has 0 saturated heterocycles. The number of nitrogens with zero attached hydrogens (tertiary/aromatic N) is 1. The van der Waals surface area contributed by atoms with Crippen molar-refractivity contribution in [3.05, 3.63) is 62.7 Å². The third kappa shape index (κ3) is 4.15. The second-order valence-corrected chi connectivity index (χ2v) is 4.75. The molecule has 1 aromatic heterocycles. The number of H-pyrrole nitrogens is 1. The Labute approximate surface area is 135 Å². The predicted octanol–water partition coefficient (Wildman–Crippen LogP) is 0.157. The largest absolute Gasteiger partial charge is 0.427 e. The lowest BCUT2D eigenvalue weighted by Crippen LogP contribution is -2.35. The minimum Gasteiger partial charge on any atom is -0.427 e. The highest BCUT2D eigenvalue weighted by atomic mass is 19.1. The fourth-order valence-electron chi connectivity index (χ4n) is 2.00. The summed E-state index contributed by atoms with van der Waals surface area (Å²) in [5.41, 5.74) is -1.58. The molecule has 0 amide bonds. The number of aromatic amines is 1. The number of ether oxygens (including phenoxy) is 2. The number of aliphatic hydroxyl groups is 1. The average Bonchev–Trinajstić information content (AvgIpc) is 2.53. The lowest BCUT2D eigenvalue weighted by Gasteiger charge is -2.20. The molecule has 0 bridgehead atoms. The molecule has 0 fully saturated rings. The van der Waals surface area contributed by atoms with Gasteiger partial charge >= 0.3 is 11.7 Å². The Bertz CT molecular complexity index is 827. The minimum absolute atomic E-state index is 0.121. The summed E-state index contributed by atoms with van der Waals surface area (Å²) in [5, 5.41) is 8.92. The van der Waals surface area contributed by atoms with Crippen LogP contribution in [0.4, 0.5) is 4.39 Å². The first-order valence-electron chi connectivity index (χ1n) is 6.94. The fourth-order valence-corrected chi connectivity index (χ4v) is 2.00. The van der Waals surface area contributed by atoms with Crippen molar-refractivity contribution in [3.63, 3.8) is 0 Å². The zero-order valence-corrected chi connectivity index (χ0v) is 12.7. The van der Waals surface area contributed by atoms with Crippen LogP contribution in [0.3, 0.4) is 0 Å². The van der Waals surface area contributed by atoms with E-state index >= 15 is 0 Å². The van der Waals surface area contributed by atoms with Crippen molar-refractivity contribution in [1.29, 1.82) is 0 Å². The van der Waals surface area contributed by atoms with Gasteiger partial charge in [-0.25, -0.2) is 4.79 Å². The van der Waals surface area contributed by atoms with Gasteiger partial charge in [-0.3, -0.25) is 19.1 Å². The number of nitrogens with one attached hydrogen (secondary N) is 1.